The largest absolute Gasteiger partial charge is 0.487 e. The van der Waals surface area contributed by atoms with Crippen molar-refractivity contribution in [3.63, 3.8) is 0 Å². The van der Waals surface area contributed by atoms with Gasteiger partial charge in [-0.25, -0.2) is 0 Å². The number of hydrogen-bond acceptors (Lipinski definition) is 4. The molecule has 4 rings (SSSR count). The van der Waals surface area contributed by atoms with Crippen LogP contribution in [0.5, 0.6) is 5.75 Å². The highest BCUT2D eigenvalue weighted by atomic mass is 35.5. The Hall–Kier alpha value is -2.83. The van der Waals surface area contributed by atoms with Crippen molar-refractivity contribution in [3.05, 3.63) is 76.6 Å². The second kappa shape index (κ2) is 9.32. The highest BCUT2D eigenvalue weighted by molar-refractivity contribution is 6.30. The van der Waals surface area contributed by atoms with Crippen LogP contribution < -0.4 is 10.1 Å². The maximum absolute atomic E-state index is 11.1. The number of carbonyl (C=O) groups excluding carboxylic acids is 1. The van der Waals surface area contributed by atoms with E-state index in [1.807, 2.05) is 36.4 Å². The summed E-state index contributed by atoms with van der Waals surface area (Å²) < 4.78 is 5.79. The quantitative estimate of drug-likeness (QED) is 0.582. The Morgan fingerprint density at radius 2 is 2.00 bits per heavy atom. The second-order valence-electron chi connectivity index (χ2n) is 7.66. The van der Waals surface area contributed by atoms with Crippen LogP contribution in [-0.2, 0) is 17.9 Å². The molecule has 1 aliphatic heterocycles. The summed E-state index contributed by atoms with van der Waals surface area (Å²) in [5, 5.41) is 11.1. The zero-order valence-corrected chi connectivity index (χ0v) is 17.7. The fourth-order valence-electron chi connectivity index (χ4n) is 3.73. The number of H-pyrrole nitrogens is 1. The molecule has 7 heteroatoms. The Labute approximate surface area is 181 Å². The van der Waals surface area contributed by atoms with E-state index in [0.717, 1.165) is 48.9 Å². The first kappa shape index (κ1) is 20.4. The van der Waals surface area contributed by atoms with Crippen molar-refractivity contribution in [1.82, 2.24) is 15.1 Å². The Bertz CT molecular complexity index is 985. The lowest BCUT2D eigenvalue weighted by Gasteiger charge is -2.16. The van der Waals surface area contributed by atoms with Crippen molar-refractivity contribution in [3.8, 4) is 5.75 Å². The minimum absolute atomic E-state index is 0.0536. The number of hydrogen-bond donors (Lipinski definition) is 2. The maximum atomic E-state index is 11.1. The first-order chi connectivity index (χ1) is 14.5. The van der Waals surface area contributed by atoms with Gasteiger partial charge in [-0.1, -0.05) is 23.7 Å². The van der Waals surface area contributed by atoms with E-state index in [1.54, 1.807) is 0 Å². The van der Waals surface area contributed by atoms with Gasteiger partial charge in [0.2, 0.25) is 5.91 Å². The highest BCUT2D eigenvalue weighted by Gasteiger charge is 2.25. The summed E-state index contributed by atoms with van der Waals surface area (Å²) in [5.41, 5.74) is 4.12. The molecule has 1 aromatic heterocycles. The number of rotatable bonds is 7. The van der Waals surface area contributed by atoms with E-state index in [4.69, 9.17) is 16.3 Å². The monoisotopic (exact) mass is 424 g/mol. The summed E-state index contributed by atoms with van der Waals surface area (Å²) in [6.07, 6.45) is 1.09. The fraction of sp³-hybridized carbons (Fsp3) is 0.304. The van der Waals surface area contributed by atoms with E-state index in [1.165, 1.54) is 12.5 Å². The van der Waals surface area contributed by atoms with Gasteiger partial charge in [0.05, 0.1) is 11.4 Å². The van der Waals surface area contributed by atoms with Crippen molar-refractivity contribution in [2.24, 2.45) is 0 Å². The number of aromatic nitrogens is 2. The standard InChI is InChI=1S/C23H25ClN4O2/c1-16(29)25-20-6-2-17(3-7-20)13-28-11-10-18(14-28)23-12-21(26-27-23)15-30-22-8-4-19(24)5-9-22/h2-9,12,18H,10-11,13-15H2,1H3,(H,25,29)(H,26,27). The molecule has 6 nitrogen and oxygen atoms in total. The number of carbonyl (C=O) groups is 1. The number of nitrogens with one attached hydrogen (secondary N) is 2. The average Bonchev–Trinajstić information content (AvgIpc) is 3.38. The Morgan fingerprint density at radius 1 is 1.23 bits per heavy atom. The fourth-order valence-corrected chi connectivity index (χ4v) is 3.85. The van der Waals surface area contributed by atoms with Crippen LogP contribution >= 0.6 is 11.6 Å². The van der Waals surface area contributed by atoms with E-state index < -0.39 is 0 Å². The third-order valence-corrected chi connectivity index (χ3v) is 5.48. The number of likely N-dealkylation sites (tertiary alicyclic amines) is 1. The number of anilines is 1. The maximum Gasteiger partial charge on any atom is 0.221 e. The van der Waals surface area contributed by atoms with Crippen molar-refractivity contribution in [1.29, 1.82) is 0 Å². The summed E-state index contributed by atoms with van der Waals surface area (Å²) in [4.78, 5) is 13.6. The van der Waals surface area contributed by atoms with Gasteiger partial charge >= 0.3 is 0 Å². The SMILES string of the molecule is CC(=O)Nc1ccc(CN2CCC(c3cc(COc4ccc(Cl)cc4)[nH]n3)C2)cc1. The molecule has 1 saturated heterocycles. The number of ether oxygens (including phenoxy) is 1. The number of amides is 1. The van der Waals surface area contributed by atoms with Crippen molar-refractivity contribution >= 4 is 23.2 Å². The van der Waals surface area contributed by atoms with Gasteiger partial charge in [0.15, 0.2) is 0 Å². The van der Waals surface area contributed by atoms with E-state index in [2.05, 4.69) is 38.6 Å². The van der Waals surface area contributed by atoms with Gasteiger partial charge in [-0.15, -0.1) is 0 Å². The van der Waals surface area contributed by atoms with Crippen LogP contribution in [0.2, 0.25) is 5.02 Å². The van der Waals surface area contributed by atoms with E-state index in [9.17, 15) is 4.79 Å². The van der Waals surface area contributed by atoms with Crippen molar-refractivity contribution in [2.75, 3.05) is 18.4 Å². The van der Waals surface area contributed by atoms with Crippen LogP contribution in [-0.4, -0.2) is 34.1 Å². The van der Waals surface area contributed by atoms with Crippen LogP contribution in [0.15, 0.2) is 54.6 Å². The molecule has 0 saturated carbocycles. The molecule has 2 N–H and O–H groups in total. The molecular formula is C23H25ClN4O2. The zero-order chi connectivity index (χ0) is 20.9. The van der Waals surface area contributed by atoms with E-state index in [-0.39, 0.29) is 5.91 Å². The average molecular weight is 425 g/mol. The highest BCUT2D eigenvalue weighted by Crippen LogP contribution is 2.28. The topological polar surface area (TPSA) is 70.2 Å². The van der Waals surface area contributed by atoms with Crippen molar-refractivity contribution < 1.29 is 9.53 Å². The predicted octanol–water partition coefficient (Wildman–Crippen LogP) is 4.59. The number of benzene rings is 2. The molecule has 1 unspecified atom stereocenters. The smallest absolute Gasteiger partial charge is 0.221 e. The molecule has 0 aliphatic carbocycles. The predicted molar refractivity (Wildman–Crippen MR) is 118 cm³/mol. The van der Waals surface area contributed by atoms with E-state index >= 15 is 0 Å². The molecule has 2 aromatic carbocycles. The summed E-state index contributed by atoms with van der Waals surface area (Å²) in [6, 6.07) is 17.5. The van der Waals surface area contributed by atoms with Crippen LogP contribution in [0.3, 0.4) is 0 Å². The van der Waals surface area contributed by atoms with Crippen molar-refractivity contribution in [2.45, 2.75) is 32.4 Å². The molecule has 3 aromatic rings. The minimum Gasteiger partial charge on any atom is -0.487 e. The lowest BCUT2D eigenvalue weighted by Crippen LogP contribution is -2.19. The van der Waals surface area contributed by atoms with E-state index in [0.29, 0.717) is 17.5 Å². The molecule has 156 valence electrons. The zero-order valence-electron chi connectivity index (χ0n) is 16.9. The van der Waals surface area contributed by atoms with Gasteiger partial charge in [-0.2, -0.15) is 5.10 Å². The first-order valence-electron chi connectivity index (χ1n) is 10.1. The third-order valence-electron chi connectivity index (χ3n) is 5.23. The Morgan fingerprint density at radius 3 is 2.73 bits per heavy atom. The molecule has 30 heavy (non-hydrogen) atoms. The van der Waals surface area contributed by atoms with Gasteiger partial charge in [0.25, 0.3) is 0 Å². The van der Waals surface area contributed by atoms with Crippen LogP contribution in [0.25, 0.3) is 0 Å². The number of nitrogens with zero attached hydrogens (tertiary/aromatic N) is 2. The van der Waals surface area contributed by atoms with Gasteiger partial charge in [0, 0.05) is 36.6 Å². The van der Waals surface area contributed by atoms with Crippen LogP contribution in [0.4, 0.5) is 5.69 Å². The first-order valence-corrected chi connectivity index (χ1v) is 10.4. The summed E-state index contributed by atoms with van der Waals surface area (Å²) in [6.45, 7) is 4.89. The molecule has 1 atom stereocenters. The normalized spacial score (nSPS) is 16.5. The molecule has 0 bridgehead atoms. The van der Waals surface area contributed by atoms with Gasteiger partial charge in [-0.3, -0.25) is 14.8 Å². The van der Waals surface area contributed by atoms with Crippen LogP contribution in [0.1, 0.15) is 36.2 Å². The Kier molecular flexibility index (Phi) is 6.35. The minimum atomic E-state index is -0.0536. The Balaban J connectivity index is 1.28. The summed E-state index contributed by atoms with van der Waals surface area (Å²) in [5.74, 6) is 1.15. The molecule has 0 radical (unpaired) electrons. The second-order valence-corrected chi connectivity index (χ2v) is 8.10. The lowest BCUT2D eigenvalue weighted by atomic mass is 10.1. The number of halogens is 1. The molecule has 1 fully saturated rings. The van der Waals surface area contributed by atoms with Gasteiger partial charge in [0.1, 0.15) is 12.4 Å². The van der Waals surface area contributed by atoms with Gasteiger partial charge in [-0.05, 0) is 61.0 Å². The molecule has 2 heterocycles. The molecular weight excluding hydrogens is 400 g/mol. The number of aromatic amines is 1. The third kappa shape index (κ3) is 5.40. The molecule has 1 amide bonds. The molecule has 1 aliphatic rings. The summed E-state index contributed by atoms with van der Waals surface area (Å²) >= 11 is 5.90. The lowest BCUT2D eigenvalue weighted by molar-refractivity contribution is -0.114. The van der Waals surface area contributed by atoms with Gasteiger partial charge < -0.3 is 10.1 Å². The van der Waals surface area contributed by atoms with Crippen LogP contribution in [0, 0.1) is 0 Å². The summed E-state index contributed by atoms with van der Waals surface area (Å²) in [7, 11) is 0. The molecule has 0 spiro atoms.